The summed E-state index contributed by atoms with van der Waals surface area (Å²) in [6.45, 7) is 5.77. The number of ether oxygens (including phenoxy) is 2. The van der Waals surface area contributed by atoms with Gasteiger partial charge in [0.2, 0.25) is 5.91 Å². The van der Waals surface area contributed by atoms with Crippen LogP contribution in [0, 0.1) is 6.92 Å². The average molecular weight is 489 g/mol. The van der Waals surface area contributed by atoms with Crippen molar-refractivity contribution in [2.45, 2.75) is 37.3 Å². The van der Waals surface area contributed by atoms with Crippen molar-refractivity contribution in [1.29, 1.82) is 0 Å². The fourth-order valence-electron chi connectivity index (χ4n) is 3.55. The number of benzene rings is 3. The molecule has 8 heteroatoms. The second-order valence-corrected chi connectivity index (χ2v) is 9.38. The minimum absolute atomic E-state index is 0.106. The van der Waals surface area contributed by atoms with E-state index in [4.69, 9.17) is 9.47 Å². The topological polar surface area (TPSA) is 78.3 Å². The maximum absolute atomic E-state index is 12.9. The van der Waals surface area contributed by atoms with Crippen molar-refractivity contribution in [3.63, 3.8) is 0 Å². The highest BCUT2D eigenvalue weighted by Crippen LogP contribution is 2.31. The van der Waals surface area contributed by atoms with E-state index in [-0.39, 0.29) is 5.91 Å². The number of amides is 1. The summed E-state index contributed by atoms with van der Waals surface area (Å²) >= 11 is 1.35. The molecule has 180 valence electrons. The van der Waals surface area contributed by atoms with E-state index in [9.17, 15) is 4.79 Å². The Balaban J connectivity index is 1.58. The van der Waals surface area contributed by atoms with E-state index in [0.717, 1.165) is 16.9 Å². The lowest BCUT2D eigenvalue weighted by molar-refractivity contribution is -0.115. The van der Waals surface area contributed by atoms with Crippen LogP contribution in [-0.2, 0) is 4.79 Å². The van der Waals surface area contributed by atoms with E-state index in [1.54, 1.807) is 7.11 Å². The molecule has 0 bridgehead atoms. The number of para-hydroxylation sites is 1. The molecule has 1 amide bonds. The predicted octanol–water partition coefficient (Wildman–Crippen LogP) is 5.84. The Morgan fingerprint density at radius 1 is 0.943 bits per heavy atom. The second kappa shape index (κ2) is 11.1. The lowest BCUT2D eigenvalue weighted by Gasteiger charge is -2.18. The van der Waals surface area contributed by atoms with Crippen LogP contribution in [0.1, 0.15) is 31.3 Å². The van der Waals surface area contributed by atoms with Crippen LogP contribution in [0.2, 0.25) is 0 Å². The van der Waals surface area contributed by atoms with Gasteiger partial charge in [0.1, 0.15) is 11.5 Å². The summed E-state index contributed by atoms with van der Waals surface area (Å²) in [4.78, 5) is 12.9. The lowest BCUT2D eigenvalue weighted by atomic mass is 10.2. The molecule has 0 aliphatic carbocycles. The minimum Gasteiger partial charge on any atom is -0.497 e. The molecular formula is C27H28N4O3S. The molecule has 1 N–H and O–H groups in total. The van der Waals surface area contributed by atoms with Gasteiger partial charge in [-0.1, -0.05) is 48.2 Å². The van der Waals surface area contributed by atoms with Crippen LogP contribution in [0.3, 0.4) is 0 Å². The molecule has 4 rings (SSSR count). The molecule has 2 atom stereocenters. The molecule has 1 heterocycles. The van der Waals surface area contributed by atoms with Crippen LogP contribution >= 0.6 is 11.8 Å². The Morgan fingerprint density at radius 2 is 1.69 bits per heavy atom. The van der Waals surface area contributed by atoms with Gasteiger partial charge in [0.15, 0.2) is 17.1 Å². The summed E-state index contributed by atoms with van der Waals surface area (Å²) in [5.74, 6) is 1.90. The van der Waals surface area contributed by atoms with E-state index in [1.165, 1.54) is 11.8 Å². The van der Waals surface area contributed by atoms with Gasteiger partial charge < -0.3 is 14.8 Å². The SMILES string of the molecule is COc1cccc(OC(C)c2nnc(SC(C)C(=O)Nc3cccc(C)c3)n2-c2ccccc2)c1. The summed E-state index contributed by atoms with van der Waals surface area (Å²) in [5.41, 5.74) is 2.75. The van der Waals surface area contributed by atoms with Gasteiger partial charge in [-0.05, 0) is 62.7 Å². The van der Waals surface area contributed by atoms with E-state index in [2.05, 4.69) is 15.5 Å². The normalized spacial score (nSPS) is 12.6. The van der Waals surface area contributed by atoms with Gasteiger partial charge in [0.05, 0.1) is 12.4 Å². The number of carbonyl (C=O) groups excluding carboxylic acids is 1. The Labute approximate surface area is 209 Å². The maximum atomic E-state index is 12.9. The van der Waals surface area contributed by atoms with Crippen LogP contribution in [0.25, 0.3) is 5.69 Å². The van der Waals surface area contributed by atoms with Gasteiger partial charge in [-0.15, -0.1) is 10.2 Å². The number of hydrogen-bond donors (Lipinski definition) is 1. The second-order valence-electron chi connectivity index (χ2n) is 8.07. The molecule has 4 aromatic rings. The number of aryl methyl sites for hydroxylation is 1. The zero-order valence-corrected chi connectivity index (χ0v) is 21.0. The molecule has 3 aromatic carbocycles. The van der Waals surface area contributed by atoms with Gasteiger partial charge in [0, 0.05) is 17.4 Å². The van der Waals surface area contributed by atoms with Crippen LogP contribution in [-0.4, -0.2) is 33.0 Å². The van der Waals surface area contributed by atoms with Crippen molar-refractivity contribution >= 4 is 23.4 Å². The zero-order chi connectivity index (χ0) is 24.8. The third-order valence-electron chi connectivity index (χ3n) is 5.33. The molecule has 0 saturated carbocycles. The Hall–Kier alpha value is -3.78. The summed E-state index contributed by atoms with van der Waals surface area (Å²) in [5, 5.41) is 12.1. The summed E-state index contributed by atoms with van der Waals surface area (Å²) in [6, 6.07) is 25.0. The molecule has 0 fully saturated rings. The highest BCUT2D eigenvalue weighted by molar-refractivity contribution is 8.00. The first-order chi connectivity index (χ1) is 16.9. The van der Waals surface area contributed by atoms with Crippen LogP contribution in [0.15, 0.2) is 84.0 Å². The molecule has 0 aliphatic heterocycles. The van der Waals surface area contributed by atoms with Crippen molar-refractivity contribution in [1.82, 2.24) is 14.8 Å². The first-order valence-corrected chi connectivity index (χ1v) is 12.2. The summed E-state index contributed by atoms with van der Waals surface area (Å²) in [7, 11) is 1.62. The fourth-order valence-corrected chi connectivity index (χ4v) is 4.42. The number of nitrogens with zero attached hydrogens (tertiary/aromatic N) is 3. The lowest BCUT2D eigenvalue weighted by Crippen LogP contribution is -2.23. The van der Waals surface area contributed by atoms with Crippen LogP contribution < -0.4 is 14.8 Å². The van der Waals surface area contributed by atoms with Gasteiger partial charge in [0.25, 0.3) is 0 Å². The van der Waals surface area contributed by atoms with Crippen molar-refractivity contribution in [3.8, 4) is 17.2 Å². The Bertz CT molecular complexity index is 1290. The van der Waals surface area contributed by atoms with Gasteiger partial charge >= 0.3 is 0 Å². The number of thioether (sulfide) groups is 1. The number of carbonyl (C=O) groups is 1. The monoisotopic (exact) mass is 488 g/mol. The molecular weight excluding hydrogens is 460 g/mol. The first-order valence-electron chi connectivity index (χ1n) is 11.3. The molecule has 2 unspecified atom stereocenters. The molecule has 0 spiro atoms. The van der Waals surface area contributed by atoms with Crippen molar-refractivity contribution in [3.05, 3.63) is 90.3 Å². The Morgan fingerprint density at radius 3 is 2.43 bits per heavy atom. The zero-order valence-electron chi connectivity index (χ0n) is 20.1. The standard InChI is InChI=1S/C27H28N4O3S/c1-18-10-8-11-21(16-18)28-26(32)20(3)35-27-30-29-25(31(27)22-12-6-5-7-13-22)19(2)34-24-15-9-14-23(17-24)33-4/h5-17,19-20H,1-4H3,(H,28,32). The van der Waals surface area contributed by atoms with E-state index >= 15 is 0 Å². The quantitative estimate of drug-likeness (QED) is 0.298. The summed E-state index contributed by atoms with van der Waals surface area (Å²) < 4.78 is 13.4. The Kier molecular flexibility index (Phi) is 7.72. The number of hydrogen-bond acceptors (Lipinski definition) is 6. The van der Waals surface area contributed by atoms with Crippen molar-refractivity contribution in [2.24, 2.45) is 0 Å². The predicted molar refractivity (Wildman–Crippen MR) is 139 cm³/mol. The molecule has 0 radical (unpaired) electrons. The molecule has 35 heavy (non-hydrogen) atoms. The number of rotatable bonds is 9. The highest BCUT2D eigenvalue weighted by Gasteiger charge is 2.24. The molecule has 7 nitrogen and oxygen atoms in total. The van der Waals surface area contributed by atoms with E-state index in [1.807, 2.05) is 104 Å². The minimum atomic E-state index is -0.402. The molecule has 0 aliphatic rings. The molecule has 1 aromatic heterocycles. The van der Waals surface area contributed by atoms with Gasteiger partial charge in [-0.2, -0.15) is 0 Å². The van der Waals surface area contributed by atoms with Gasteiger partial charge in [-0.3, -0.25) is 9.36 Å². The number of methoxy groups -OCH3 is 1. The average Bonchev–Trinajstić information content (AvgIpc) is 3.28. The number of anilines is 1. The number of aromatic nitrogens is 3. The highest BCUT2D eigenvalue weighted by atomic mass is 32.2. The third kappa shape index (κ3) is 6.02. The van der Waals surface area contributed by atoms with Gasteiger partial charge in [-0.25, -0.2) is 0 Å². The van der Waals surface area contributed by atoms with Crippen molar-refractivity contribution in [2.75, 3.05) is 12.4 Å². The molecule has 0 saturated heterocycles. The number of nitrogens with one attached hydrogen (secondary N) is 1. The van der Waals surface area contributed by atoms with Crippen molar-refractivity contribution < 1.29 is 14.3 Å². The summed E-state index contributed by atoms with van der Waals surface area (Å²) in [6.07, 6.45) is -0.402. The third-order valence-corrected chi connectivity index (χ3v) is 6.37. The van der Waals surface area contributed by atoms with Crippen LogP contribution in [0.5, 0.6) is 11.5 Å². The van der Waals surface area contributed by atoms with E-state index < -0.39 is 11.4 Å². The smallest absolute Gasteiger partial charge is 0.237 e. The largest absolute Gasteiger partial charge is 0.497 e. The van der Waals surface area contributed by atoms with E-state index in [0.29, 0.717) is 22.5 Å². The maximum Gasteiger partial charge on any atom is 0.237 e. The fraction of sp³-hybridized carbons (Fsp3) is 0.222. The first kappa shape index (κ1) is 24.3. The van der Waals surface area contributed by atoms with Crippen LogP contribution in [0.4, 0.5) is 5.69 Å².